The summed E-state index contributed by atoms with van der Waals surface area (Å²) in [7, 11) is 3.63. The molecule has 4 heterocycles. The summed E-state index contributed by atoms with van der Waals surface area (Å²) in [5.74, 6) is 2.20. The third-order valence-corrected chi connectivity index (χ3v) is 24.5. The average molecular weight is 949 g/mol. The van der Waals surface area contributed by atoms with Crippen molar-refractivity contribution in [1.29, 1.82) is 0 Å². The highest BCUT2D eigenvalue weighted by Gasteiger charge is 2.84. The van der Waals surface area contributed by atoms with Gasteiger partial charge >= 0.3 is 0 Å². The van der Waals surface area contributed by atoms with Crippen LogP contribution in [0.4, 0.5) is 0 Å². The van der Waals surface area contributed by atoms with Crippen molar-refractivity contribution in [2.75, 3.05) is 40.4 Å². The molecule has 10 nitrogen and oxygen atoms in total. The van der Waals surface area contributed by atoms with Crippen molar-refractivity contribution in [2.24, 2.45) is 45.3 Å². The van der Waals surface area contributed by atoms with E-state index in [0.717, 1.165) is 94.6 Å². The molecule has 2 aromatic carbocycles. The summed E-state index contributed by atoms with van der Waals surface area (Å²) in [6, 6.07) is 4.88. The highest BCUT2D eigenvalue weighted by Crippen LogP contribution is 2.80. The first-order valence-corrected chi connectivity index (χ1v) is 27.4. The predicted molar refractivity (Wildman–Crippen MR) is 266 cm³/mol. The number of rotatable bonds is 9. The number of aliphatic hydroxyl groups is 2. The number of phenolic OH excluding ortho intramolecular Hbond substituents is 2. The summed E-state index contributed by atoms with van der Waals surface area (Å²) in [6.45, 7) is 27.9. The van der Waals surface area contributed by atoms with E-state index in [1.807, 2.05) is 21.0 Å². The summed E-state index contributed by atoms with van der Waals surface area (Å²) in [5.41, 5.74) is -1.22. The van der Waals surface area contributed by atoms with E-state index in [9.17, 15) is 20.4 Å². The highest BCUT2D eigenvalue weighted by atomic mass is 16.6. The predicted octanol–water partition coefficient (Wildman–Crippen LogP) is 9.44. The van der Waals surface area contributed by atoms with Gasteiger partial charge < -0.3 is 39.4 Å². The molecule has 12 aliphatic rings. The van der Waals surface area contributed by atoms with Gasteiger partial charge in [-0.05, 0) is 169 Å². The van der Waals surface area contributed by atoms with Crippen molar-refractivity contribution in [1.82, 2.24) is 9.80 Å². The minimum Gasteiger partial charge on any atom is -0.504 e. The van der Waals surface area contributed by atoms with Crippen LogP contribution in [-0.2, 0) is 33.1 Å². The van der Waals surface area contributed by atoms with Gasteiger partial charge in [0.05, 0.1) is 11.2 Å². The van der Waals surface area contributed by atoms with Gasteiger partial charge in [-0.15, -0.1) is 0 Å². The third-order valence-electron chi connectivity index (χ3n) is 24.5. The van der Waals surface area contributed by atoms with Gasteiger partial charge in [-0.1, -0.05) is 48.5 Å². The van der Waals surface area contributed by atoms with Crippen LogP contribution in [0.25, 0.3) is 11.1 Å². The van der Waals surface area contributed by atoms with Crippen molar-refractivity contribution >= 4 is 0 Å². The molecule has 0 aromatic heterocycles. The van der Waals surface area contributed by atoms with Gasteiger partial charge in [0.15, 0.2) is 23.0 Å². The maximum absolute atomic E-state index is 13.2. The average Bonchev–Trinajstić information content (AvgIpc) is 4.22. The quantitative estimate of drug-likeness (QED) is 0.193. The Morgan fingerprint density at radius 2 is 1.22 bits per heavy atom. The number of phenols is 2. The summed E-state index contributed by atoms with van der Waals surface area (Å²) in [6.07, 6.45) is 11.6. The number of nitrogens with zero attached hydrogens (tertiary/aromatic N) is 2. The first-order valence-electron chi connectivity index (χ1n) is 27.4. The number of ether oxygens (including phenoxy) is 4. The molecule has 0 radical (unpaired) electrons. The zero-order valence-corrected chi connectivity index (χ0v) is 44.3. The van der Waals surface area contributed by atoms with E-state index >= 15 is 0 Å². The molecule has 6 saturated carbocycles. The van der Waals surface area contributed by atoms with Crippen LogP contribution in [0.2, 0.25) is 0 Å². The van der Waals surface area contributed by atoms with E-state index in [1.165, 1.54) is 36.8 Å². The second-order valence-electron chi connectivity index (χ2n) is 28.5. The molecule has 0 amide bonds. The van der Waals surface area contributed by atoms with Gasteiger partial charge in [-0.25, -0.2) is 0 Å². The summed E-state index contributed by atoms with van der Waals surface area (Å²) >= 11 is 0. The summed E-state index contributed by atoms with van der Waals surface area (Å²) < 4.78 is 29.0. The van der Waals surface area contributed by atoms with Gasteiger partial charge in [-0.3, -0.25) is 9.80 Å². The van der Waals surface area contributed by atoms with E-state index in [1.54, 1.807) is 7.11 Å². The lowest BCUT2D eigenvalue weighted by Gasteiger charge is -2.75. The Bertz CT molecular complexity index is 2570. The van der Waals surface area contributed by atoms with Gasteiger partial charge in [0.2, 0.25) is 0 Å². The monoisotopic (exact) mass is 949 g/mol. The molecule has 378 valence electrons. The Hall–Kier alpha value is -2.60. The van der Waals surface area contributed by atoms with Crippen molar-refractivity contribution in [3.63, 3.8) is 0 Å². The zero-order chi connectivity index (χ0) is 49.0. The lowest BCUT2D eigenvalue weighted by molar-refractivity contribution is -0.312. The Balaban J connectivity index is 1.01. The van der Waals surface area contributed by atoms with Crippen LogP contribution in [0.1, 0.15) is 163 Å². The fourth-order valence-corrected chi connectivity index (χ4v) is 19.5. The molecule has 4 aliphatic heterocycles. The lowest BCUT2D eigenvalue weighted by atomic mass is 9.33. The van der Waals surface area contributed by atoms with Crippen LogP contribution in [-0.4, -0.2) is 117 Å². The number of benzene rings is 2. The minimum absolute atomic E-state index is 0.0612. The van der Waals surface area contributed by atoms with Crippen molar-refractivity contribution < 1.29 is 39.4 Å². The maximum Gasteiger partial charge on any atom is 0.166 e. The molecule has 2 saturated heterocycles. The molecule has 8 aliphatic carbocycles. The van der Waals surface area contributed by atoms with Crippen LogP contribution >= 0.6 is 0 Å². The smallest absolute Gasteiger partial charge is 0.166 e. The molecule has 69 heavy (non-hydrogen) atoms. The molecule has 2 aromatic rings. The number of hydrogen-bond donors (Lipinski definition) is 4. The standard InChI is InChI=1S/C59H84N2O8/c1-49(2,3)52(8,64)38-28-51(7)40-26-35-25-37(45(63)47-43(35)59(51,21-23-60(40)30-32-14-15-32)55(11,69-47)54(38,10)66-12)36-24-34-27-41-56-18-19-58(67-13,39(29-56)53(9,65)50(4,5)6)48-57(56,42(34)46(68-48)44(36)62)20-22-61(41)31-33-16-17-33/h24-25,32-33,38-41,48,62-65H,14-23,26-31H2,1-13H3/t38-,39-,40-,41-,48-,51-,52+,53+,54-,55-,56?,57+,58-,59-/m1/s1. The van der Waals surface area contributed by atoms with E-state index < -0.39 is 44.3 Å². The van der Waals surface area contributed by atoms with E-state index in [4.69, 9.17) is 18.9 Å². The minimum atomic E-state index is -1.12. The number of methoxy groups -OCH3 is 2. The largest absolute Gasteiger partial charge is 0.504 e. The SMILES string of the molecule is CO[C@]12CCC3(C[C@@H]1[C@](C)(O)C(C)(C)C)[C@H]1Cc4cc(-c5cc6c7c(c5O)O[C@@]5(C)[C@]78CCN(CC7CC7)[C@H](C6)[C@@]8(C)C[C@H]([C@](C)(O)C(C)(C)C)[C@@]5(C)OC)c(O)c5c4[C@@]3(CCN1CC1CC1)[C@H]2O5. The Labute approximate surface area is 412 Å². The molecule has 14 atom stereocenters. The lowest BCUT2D eigenvalue weighted by Crippen LogP contribution is -2.83. The van der Waals surface area contributed by atoms with Crippen molar-refractivity contribution in [2.45, 2.75) is 210 Å². The van der Waals surface area contributed by atoms with Crippen molar-refractivity contribution in [3.8, 4) is 34.1 Å². The number of fused-ring (bicyclic) bond motifs is 2. The summed E-state index contributed by atoms with van der Waals surface area (Å²) in [4.78, 5) is 5.61. The van der Waals surface area contributed by atoms with Crippen LogP contribution < -0.4 is 9.47 Å². The first kappa shape index (κ1) is 46.2. The molecule has 6 bridgehead atoms. The van der Waals surface area contributed by atoms with Crippen LogP contribution in [0, 0.1) is 45.3 Å². The molecule has 1 unspecified atom stereocenters. The molecular formula is C59H84N2O8. The molecule has 4 N–H and O–H groups in total. The number of hydrogen-bond acceptors (Lipinski definition) is 10. The Morgan fingerprint density at radius 3 is 1.80 bits per heavy atom. The van der Waals surface area contributed by atoms with Crippen LogP contribution in [0.15, 0.2) is 12.1 Å². The zero-order valence-electron chi connectivity index (χ0n) is 44.3. The highest BCUT2D eigenvalue weighted by molar-refractivity contribution is 5.86. The fraction of sp³-hybridized carbons (Fsp3) is 0.797. The van der Waals surface area contributed by atoms with Gasteiger partial charge in [-0.2, -0.15) is 0 Å². The molecule has 14 rings (SSSR count). The topological polar surface area (TPSA) is 124 Å². The van der Waals surface area contributed by atoms with Crippen LogP contribution in [0.3, 0.4) is 0 Å². The van der Waals surface area contributed by atoms with Crippen LogP contribution in [0.5, 0.6) is 23.0 Å². The van der Waals surface area contributed by atoms with Crippen molar-refractivity contribution in [3.05, 3.63) is 34.4 Å². The Morgan fingerprint density at radius 1 is 0.667 bits per heavy atom. The molecule has 3 spiro atoms. The van der Waals surface area contributed by atoms with Gasteiger partial charge in [0, 0.05) is 89.7 Å². The normalized spacial score (nSPS) is 44.2. The summed E-state index contributed by atoms with van der Waals surface area (Å²) in [5, 5.41) is 52.2. The molecule has 8 fully saturated rings. The van der Waals surface area contributed by atoms with Gasteiger partial charge in [0.25, 0.3) is 0 Å². The first-order chi connectivity index (χ1) is 32.2. The second-order valence-corrected chi connectivity index (χ2v) is 28.5. The molecular weight excluding hydrogens is 865 g/mol. The Kier molecular flexibility index (Phi) is 8.96. The number of aromatic hydroxyl groups is 2. The van der Waals surface area contributed by atoms with E-state index in [0.29, 0.717) is 28.5 Å². The number of likely N-dealkylation sites (tertiary alicyclic amines) is 2. The van der Waals surface area contributed by atoms with E-state index in [-0.39, 0.29) is 57.8 Å². The van der Waals surface area contributed by atoms with E-state index in [2.05, 4.69) is 84.2 Å². The maximum atomic E-state index is 13.2. The van der Waals surface area contributed by atoms with Gasteiger partial charge in [0.1, 0.15) is 22.9 Å². The number of piperidine rings is 2. The second kappa shape index (κ2) is 13.4. The third kappa shape index (κ3) is 5.00. The molecule has 10 heteroatoms. The fourth-order valence-electron chi connectivity index (χ4n) is 19.5.